The summed E-state index contributed by atoms with van der Waals surface area (Å²) in [7, 11) is 1.62. The molecule has 32 heavy (non-hydrogen) atoms. The molecule has 4 N–H and O–H groups in total. The van der Waals surface area contributed by atoms with E-state index in [0.717, 1.165) is 34.3 Å². The molecule has 0 spiro atoms. The molecule has 7 nitrogen and oxygen atoms in total. The van der Waals surface area contributed by atoms with Gasteiger partial charge in [0.05, 0.1) is 18.5 Å². The maximum atomic E-state index is 12.7. The number of rotatable bonds is 7. The molecule has 7 heteroatoms. The molecule has 4 rings (SSSR count). The van der Waals surface area contributed by atoms with Crippen LogP contribution >= 0.6 is 0 Å². The van der Waals surface area contributed by atoms with E-state index in [0.29, 0.717) is 29.2 Å². The van der Waals surface area contributed by atoms with E-state index in [9.17, 15) is 4.79 Å². The van der Waals surface area contributed by atoms with Gasteiger partial charge in [0.2, 0.25) is 0 Å². The first-order valence-corrected chi connectivity index (χ1v) is 10.4. The van der Waals surface area contributed by atoms with Gasteiger partial charge >= 0.3 is 0 Å². The molecule has 0 unspecified atom stereocenters. The summed E-state index contributed by atoms with van der Waals surface area (Å²) in [6.45, 7) is 2.61. The minimum absolute atomic E-state index is 0.196. The zero-order chi connectivity index (χ0) is 22.5. The van der Waals surface area contributed by atoms with E-state index in [1.54, 1.807) is 19.2 Å². The third-order valence-electron chi connectivity index (χ3n) is 5.30. The standard InChI is InChI=1S/C25H25N5O2/c1-3-16-9-12-20(26)21(13-16)30-25(31)18-10-7-17(8-11-18)14-27-24-19-5-4-6-22(32-2)23(19)28-15-29-24/h4-13,15H,3,14,26H2,1-2H3,(H,30,31)(H,27,28,29). The summed E-state index contributed by atoms with van der Waals surface area (Å²) in [5, 5.41) is 7.13. The average Bonchev–Trinajstić information content (AvgIpc) is 2.83. The number of carbonyl (C=O) groups excluding carboxylic acids is 1. The first kappa shape index (κ1) is 21.1. The zero-order valence-corrected chi connectivity index (χ0v) is 18.1. The molecule has 1 heterocycles. The first-order chi connectivity index (χ1) is 15.6. The fourth-order valence-electron chi connectivity index (χ4n) is 3.45. The Morgan fingerprint density at radius 2 is 1.81 bits per heavy atom. The molecule has 0 saturated heterocycles. The number of ether oxygens (including phenoxy) is 1. The molecule has 0 bridgehead atoms. The smallest absolute Gasteiger partial charge is 0.255 e. The Morgan fingerprint density at radius 3 is 2.56 bits per heavy atom. The molecule has 0 aliphatic carbocycles. The van der Waals surface area contributed by atoms with Crippen molar-refractivity contribution in [3.63, 3.8) is 0 Å². The number of anilines is 3. The molecule has 1 aromatic heterocycles. The van der Waals surface area contributed by atoms with Gasteiger partial charge in [-0.25, -0.2) is 9.97 Å². The Bertz CT molecular complexity index is 1260. The second-order valence-corrected chi connectivity index (χ2v) is 7.36. The highest BCUT2D eigenvalue weighted by atomic mass is 16.5. The van der Waals surface area contributed by atoms with Crippen molar-refractivity contribution < 1.29 is 9.53 Å². The summed E-state index contributed by atoms with van der Waals surface area (Å²) in [6, 6.07) is 18.8. The number of hydrogen-bond acceptors (Lipinski definition) is 6. The molecule has 0 saturated carbocycles. The second-order valence-electron chi connectivity index (χ2n) is 7.36. The van der Waals surface area contributed by atoms with Gasteiger partial charge in [0.25, 0.3) is 5.91 Å². The quantitative estimate of drug-likeness (QED) is 0.371. The van der Waals surface area contributed by atoms with E-state index in [4.69, 9.17) is 10.5 Å². The van der Waals surface area contributed by atoms with Gasteiger partial charge in [-0.2, -0.15) is 0 Å². The van der Waals surface area contributed by atoms with Crippen LogP contribution < -0.4 is 21.1 Å². The third-order valence-corrected chi connectivity index (χ3v) is 5.30. The maximum absolute atomic E-state index is 12.7. The number of para-hydroxylation sites is 1. The van der Waals surface area contributed by atoms with Crippen LogP contribution in [-0.4, -0.2) is 23.0 Å². The molecule has 0 aliphatic rings. The highest BCUT2D eigenvalue weighted by Crippen LogP contribution is 2.27. The number of nitrogens with two attached hydrogens (primary N) is 1. The normalized spacial score (nSPS) is 10.7. The second kappa shape index (κ2) is 9.34. The first-order valence-electron chi connectivity index (χ1n) is 10.4. The number of benzene rings is 3. The van der Waals surface area contributed by atoms with E-state index in [1.165, 1.54) is 6.33 Å². The summed E-state index contributed by atoms with van der Waals surface area (Å²) < 4.78 is 5.38. The molecule has 0 radical (unpaired) electrons. The molecule has 0 aliphatic heterocycles. The van der Waals surface area contributed by atoms with Crippen LogP contribution in [0.3, 0.4) is 0 Å². The van der Waals surface area contributed by atoms with Crippen molar-refractivity contribution in [2.75, 3.05) is 23.5 Å². The minimum Gasteiger partial charge on any atom is -0.494 e. The van der Waals surface area contributed by atoms with Crippen molar-refractivity contribution in [1.82, 2.24) is 9.97 Å². The summed E-state index contributed by atoms with van der Waals surface area (Å²) >= 11 is 0. The van der Waals surface area contributed by atoms with Gasteiger partial charge in [0, 0.05) is 17.5 Å². The fraction of sp³-hybridized carbons (Fsp3) is 0.160. The largest absolute Gasteiger partial charge is 0.494 e. The van der Waals surface area contributed by atoms with Crippen molar-refractivity contribution in [1.29, 1.82) is 0 Å². The van der Waals surface area contributed by atoms with Crippen molar-refractivity contribution in [2.45, 2.75) is 19.9 Å². The van der Waals surface area contributed by atoms with Crippen LogP contribution in [0.1, 0.15) is 28.4 Å². The molecule has 4 aromatic rings. The van der Waals surface area contributed by atoms with E-state index >= 15 is 0 Å². The zero-order valence-electron chi connectivity index (χ0n) is 18.1. The van der Waals surface area contributed by atoms with Crippen molar-refractivity contribution >= 4 is 34.0 Å². The molecule has 0 fully saturated rings. The lowest BCUT2D eigenvalue weighted by molar-refractivity contribution is 0.102. The molecule has 0 atom stereocenters. The van der Waals surface area contributed by atoms with Crippen LogP contribution in [0.5, 0.6) is 5.75 Å². The van der Waals surface area contributed by atoms with Gasteiger partial charge in [0.1, 0.15) is 23.4 Å². The lowest BCUT2D eigenvalue weighted by Gasteiger charge is -2.11. The molecule has 3 aromatic carbocycles. The van der Waals surface area contributed by atoms with Crippen LogP contribution in [-0.2, 0) is 13.0 Å². The monoisotopic (exact) mass is 427 g/mol. The van der Waals surface area contributed by atoms with Crippen molar-refractivity contribution in [3.05, 3.63) is 83.7 Å². The van der Waals surface area contributed by atoms with Crippen LogP contribution in [0, 0.1) is 0 Å². The Morgan fingerprint density at radius 1 is 1.03 bits per heavy atom. The van der Waals surface area contributed by atoms with E-state index in [1.807, 2.05) is 48.5 Å². The van der Waals surface area contributed by atoms with Gasteiger partial charge in [-0.3, -0.25) is 4.79 Å². The van der Waals surface area contributed by atoms with E-state index in [-0.39, 0.29) is 5.91 Å². The SMILES string of the molecule is CCc1ccc(N)c(NC(=O)c2ccc(CNc3ncnc4c(OC)cccc34)cc2)c1. The lowest BCUT2D eigenvalue weighted by atomic mass is 10.1. The van der Waals surface area contributed by atoms with Gasteiger partial charge in [0.15, 0.2) is 0 Å². The number of aromatic nitrogens is 2. The lowest BCUT2D eigenvalue weighted by Crippen LogP contribution is -2.13. The Hall–Kier alpha value is -4.13. The predicted molar refractivity (Wildman–Crippen MR) is 128 cm³/mol. The van der Waals surface area contributed by atoms with Gasteiger partial charge in [-0.1, -0.05) is 31.2 Å². The van der Waals surface area contributed by atoms with Crippen LogP contribution in [0.4, 0.5) is 17.2 Å². The Labute approximate surface area is 186 Å². The summed E-state index contributed by atoms with van der Waals surface area (Å²) in [4.78, 5) is 21.3. The Kier molecular flexibility index (Phi) is 6.17. The van der Waals surface area contributed by atoms with E-state index < -0.39 is 0 Å². The number of nitrogens with zero attached hydrogens (tertiary/aromatic N) is 2. The fourth-order valence-corrected chi connectivity index (χ4v) is 3.45. The number of aryl methyl sites for hydroxylation is 1. The number of carbonyl (C=O) groups is 1. The number of methoxy groups -OCH3 is 1. The number of amides is 1. The highest BCUT2D eigenvalue weighted by molar-refractivity contribution is 6.05. The highest BCUT2D eigenvalue weighted by Gasteiger charge is 2.10. The van der Waals surface area contributed by atoms with Crippen LogP contribution in [0.15, 0.2) is 67.0 Å². The van der Waals surface area contributed by atoms with Crippen LogP contribution in [0.2, 0.25) is 0 Å². The Balaban J connectivity index is 1.45. The maximum Gasteiger partial charge on any atom is 0.255 e. The topological polar surface area (TPSA) is 102 Å². The molecule has 162 valence electrons. The van der Waals surface area contributed by atoms with Crippen molar-refractivity contribution in [3.8, 4) is 5.75 Å². The minimum atomic E-state index is -0.196. The number of nitrogen functional groups attached to an aromatic ring is 1. The van der Waals surface area contributed by atoms with Gasteiger partial charge in [-0.05, 0) is 53.9 Å². The number of fused-ring (bicyclic) bond motifs is 1. The van der Waals surface area contributed by atoms with Gasteiger partial charge < -0.3 is 21.1 Å². The van der Waals surface area contributed by atoms with Gasteiger partial charge in [-0.15, -0.1) is 0 Å². The molecule has 1 amide bonds. The number of nitrogens with one attached hydrogen (secondary N) is 2. The molecular formula is C25H25N5O2. The van der Waals surface area contributed by atoms with E-state index in [2.05, 4.69) is 27.5 Å². The summed E-state index contributed by atoms with van der Waals surface area (Å²) in [5.74, 6) is 1.23. The molecular weight excluding hydrogens is 402 g/mol. The third kappa shape index (κ3) is 4.46. The average molecular weight is 428 g/mol. The van der Waals surface area contributed by atoms with Crippen molar-refractivity contribution in [2.24, 2.45) is 0 Å². The summed E-state index contributed by atoms with van der Waals surface area (Å²) in [6.07, 6.45) is 2.39. The summed E-state index contributed by atoms with van der Waals surface area (Å²) in [5.41, 5.74) is 10.6. The predicted octanol–water partition coefficient (Wildman–Crippen LogP) is 4.65. The number of hydrogen-bond donors (Lipinski definition) is 3. The van der Waals surface area contributed by atoms with Crippen LogP contribution in [0.25, 0.3) is 10.9 Å².